The van der Waals surface area contributed by atoms with Crippen LogP contribution < -0.4 is 5.32 Å². The van der Waals surface area contributed by atoms with E-state index in [1.165, 1.54) is 12.1 Å². The van der Waals surface area contributed by atoms with E-state index in [1.54, 1.807) is 12.1 Å². The molecular weight excluding hydrogens is 219 g/mol. The zero-order chi connectivity index (χ0) is 12.1. The van der Waals surface area contributed by atoms with Crippen LogP contribution in [0.1, 0.15) is 19.0 Å². The quantitative estimate of drug-likeness (QED) is 0.808. The van der Waals surface area contributed by atoms with Crippen LogP contribution in [-0.4, -0.2) is 11.7 Å². The van der Waals surface area contributed by atoms with Crippen LogP contribution in [0.5, 0.6) is 0 Å². The molecule has 0 aliphatic rings. The molecule has 1 heterocycles. The molecule has 0 fully saturated rings. The summed E-state index contributed by atoms with van der Waals surface area (Å²) in [6, 6.07) is 8.12. The van der Waals surface area contributed by atoms with Gasteiger partial charge in [0.2, 0.25) is 0 Å². The van der Waals surface area contributed by atoms with E-state index in [0.29, 0.717) is 17.9 Å². The summed E-state index contributed by atoms with van der Waals surface area (Å²) in [5.74, 6) is 0.322. The summed E-state index contributed by atoms with van der Waals surface area (Å²) in [5, 5.41) is 7.17. The molecule has 0 saturated heterocycles. The lowest BCUT2D eigenvalue weighted by molar-refractivity contribution is 0.420. The molecule has 2 aromatic rings. The normalized spacial score (nSPS) is 10.7. The topological polar surface area (TPSA) is 38.1 Å². The SMILES string of the molecule is CCCNCc1cc(-c2cccc(F)c2)on1. The number of nitrogens with zero attached hydrogens (tertiary/aromatic N) is 1. The molecule has 0 radical (unpaired) electrons. The van der Waals surface area contributed by atoms with Crippen LogP contribution in [0.3, 0.4) is 0 Å². The molecule has 3 nitrogen and oxygen atoms in total. The monoisotopic (exact) mass is 234 g/mol. The van der Waals surface area contributed by atoms with Gasteiger partial charge in [-0.3, -0.25) is 0 Å². The second-order valence-corrected chi connectivity index (χ2v) is 3.87. The van der Waals surface area contributed by atoms with Crippen LogP contribution in [0.25, 0.3) is 11.3 Å². The highest BCUT2D eigenvalue weighted by Gasteiger charge is 2.06. The molecule has 2 rings (SSSR count). The summed E-state index contributed by atoms with van der Waals surface area (Å²) in [7, 11) is 0. The summed E-state index contributed by atoms with van der Waals surface area (Å²) in [4.78, 5) is 0. The molecule has 0 saturated carbocycles. The molecule has 4 heteroatoms. The molecule has 1 N–H and O–H groups in total. The number of rotatable bonds is 5. The average molecular weight is 234 g/mol. The molecular formula is C13H15FN2O. The molecule has 90 valence electrons. The Morgan fingerprint density at radius 3 is 3.00 bits per heavy atom. The summed E-state index contributed by atoms with van der Waals surface area (Å²) < 4.78 is 18.2. The van der Waals surface area contributed by atoms with Crippen molar-refractivity contribution in [3.8, 4) is 11.3 Å². The molecule has 0 aliphatic heterocycles. The van der Waals surface area contributed by atoms with Crippen LogP contribution in [-0.2, 0) is 6.54 Å². The van der Waals surface area contributed by atoms with Gasteiger partial charge in [-0.2, -0.15) is 0 Å². The highest BCUT2D eigenvalue weighted by atomic mass is 19.1. The van der Waals surface area contributed by atoms with E-state index in [2.05, 4.69) is 17.4 Å². The first-order chi connectivity index (χ1) is 8.29. The van der Waals surface area contributed by atoms with Crippen molar-refractivity contribution in [2.75, 3.05) is 6.54 Å². The fraction of sp³-hybridized carbons (Fsp3) is 0.308. The van der Waals surface area contributed by atoms with Crippen molar-refractivity contribution >= 4 is 0 Å². The number of aromatic nitrogens is 1. The van der Waals surface area contributed by atoms with E-state index in [0.717, 1.165) is 18.7 Å². The fourth-order valence-electron chi connectivity index (χ4n) is 1.57. The van der Waals surface area contributed by atoms with Crippen LogP contribution in [0.15, 0.2) is 34.9 Å². The first-order valence-corrected chi connectivity index (χ1v) is 5.72. The van der Waals surface area contributed by atoms with Crippen LogP contribution in [0.2, 0.25) is 0 Å². The smallest absolute Gasteiger partial charge is 0.167 e. The van der Waals surface area contributed by atoms with Gasteiger partial charge in [0, 0.05) is 18.2 Å². The van der Waals surface area contributed by atoms with Gasteiger partial charge < -0.3 is 9.84 Å². The standard InChI is InChI=1S/C13H15FN2O/c1-2-6-15-9-12-8-13(17-16-12)10-4-3-5-11(14)7-10/h3-5,7-8,15H,2,6,9H2,1H3. The van der Waals surface area contributed by atoms with Gasteiger partial charge in [0.15, 0.2) is 5.76 Å². The summed E-state index contributed by atoms with van der Waals surface area (Å²) in [6.07, 6.45) is 1.08. The average Bonchev–Trinajstić information content (AvgIpc) is 2.78. The van der Waals surface area contributed by atoms with E-state index in [9.17, 15) is 4.39 Å². The largest absolute Gasteiger partial charge is 0.356 e. The molecule has 0 atom stereocenters. The Labute approximate surface area is 99.6 Å². The molecule has 0 aliphatic carbocycles. The number of benzene rings is 1. The Kier molecular flexibility index (Phi) is 3.88. The Morgan fingerprint density at radius 1 is 1.35 bits per heavy atom. The van der Waals surface area contributed by atoms with E-state index in [4.69, 9.17) is 4.52 Å². The van der Waals surface area contributed by atoms with Crippen molar-refractivity contribution < 1.29 is 8.91 Å². The third-order valence-corrected chi connectivity index (χ3v) is 2.40. The van der Waals surface area contributed by atoms with Gasteiger partial charge in [-0.15, -0.1) is 0 Å². The Bertz CT molecular complexity index is 482. The molecule has 0 bridgehead atoms. The van der Waals surface area contributed by atoms with Crippen molar-refractivity contribution in [2.24, 2.45) is 0 Å². The number of hydrogen-bond donors (Lipinski definition) is 1. The summed E-state index contributed by atoms with van der Waals surface area (Å²) in [6.45, 7) is 3.72. The van der Waals surface area contributed by atoms with Gasteiger partial charge in [0.25, 0.3) is 0 Å². The van der Waals surface area contributed by atoms with E-state index < -0.39 is 0 Å². The molecule has 0 amide bonds. The molecule has 0 unspecified atom stereocenters. The molecule has 0 spiro atoms. The number of hydrogen-bond acceptors (Lipinski definition) is 3. The van der Waals surface area contributed by atoms with Gasteiger partial charge in [-0.1, -0.05) is 24.2 Å². The minimum atomic E-state index is -0.274. The van der Waals surface area contributed by atoms with E-state index in [1.807, 2.05) is 6.07 Å². The highest BCUT2D eigenvalue weighted by molar-refractivity contribution is 5.57. The Morgan fingerprint density at radius 2 is 2.24 bits per heavy atom. The predicted molar refractivity (Wildman–Crippen MR) is 63.9 cm³/mol. The first kappa shape index (κ1) is 11.8. The zero-order valence-corrected chi connectivity index (χ0v) is 9.74. The minimum absolute atomic E-state index is 0.274. The van der Waals surface area contributed by atoms with E-state index >= 15 is 0 Å². The third-order valence-electron chi connectivity index (χ3n) is 2.40. The maximum absolute atomic E-state index is 13.0. The third kappa shape index (κ3) is 3.14. The predicted octanol–water partition coefficient (Wildman–Crippen LogP) is 2.98. The highest BCUT2D eigenvalue weighted by Crippen LogP contribution is 2.20. The molecule has 17 heavy (non-hydrogen) atoms. The van der Waals surface area contributed by atoms with Gasteiger partial charge in [0.05, 0.1) is 5.69 Å². The van der Waals surface area contributed by atoms with Crippen molar-refractivity contribution in [2.45, 2.75) is 19.9 Å². The van der Waals surface area contributed by atoms with Gasteiger partial charge in [-0.05, 0) is 25.1 Å². The van der Waals surface area contributed by atoms with Crippen LogP contribution in [0, 0.1) is 5.82 Å². The van der Waals surface area contributed by atoms with Gasteiger partial charge in [0.1, 0.15) is 5.82 Å². The maximum atomic E-state index is 13.0. The van der Waals surface area contributed by atoms with Gasteiger partial charge >= 0.3 is 0 Å². The summed E-state index contributed by atoms with van der Waals surface area (Å²) >= 11 is 0. The maximum Gasteiger partial charge on any atom is 0.167 e. The van der Waals surface area contributed by atoms with Crippen LogP contribution >= 0.6 is 0 Å². The zero-order valence-electron chi connectivity index (χ0n) is 9.74. The lowest BCUT2D eigenvalue weighted by Gasteiger charge is -1.96. The molecule has 1 aromatic heterocycles. The summed E-state index contributed by atoms with van der Waals surface area (Å²) in [5.41, 5.74) is 1.54. The second kappa shape index (κ2) is 5.59. The Balaban J connectivity index is 2.07. The van der Waals surface area contributed by atoms with Crippen molar-refractivity contribution in [3.05, 3.63) is 41.8 Å². The number of halogens is 1. The van der Waals surface area contributed by atoms with Crippen LogP contribution in [0.4, 0.5) is 4.39 Å². The van der Waals surface area contributed by atoms with Gasteiger partial charge in [-0.25, -0.2) is 4.39 Å². The first-order valence-electron chi connectivity index (χ1n) is 5.72. The number of nitrogens with one attached hydrogen (secondary N) is 1. The fourth-order valence-corrected chi connectivity index (χ4v) is 1.57. The van der Waals surface area contributed by atoms with Crippen molar-refractivity contribution in [3.63, 3.8) is 0 Å². The Hall–Kier alpha value is -1.68. The molecule has 1 aromatic carbocycles. The second-order valence-electron chi connectivity index (χ2n) is 3.87. The minimum Gasteiger partial charge on any atom is -0.356 e. The lowest BCUT2D eigenvalue weighted by Crippen LogP contribution is -2.13. The lowest BCUT2D eigenvalue weighted by atomic mass is 10.1. The van der Waals surface area contributed by atoms with Crippen molar-refractivity contribution in [1.29, 1.82) is 0 Å². The van der Waals surface area contributed by atoms with Crippen molar-refractivity contribution in [1.82, 2.24) is 10.5 Å². The van der Waals surface area contributed by atoms with E-state index in [-0.39, 0.29) is 5.82 Å².